The van der Waals surface area contributed by atoms with Crippen LogP contribution in [0.4, 0.5) is 0 Å². The Bertz CT molecular complexity index is 220. The first kappa shape index (κ1) is 8.97. The Hall–Kier alpha value is -0.610. The van der Waals surface area contributed by atoms with Crippen LogP contribution < -0.4 is 5.73 Å². The summed E-state index contributed by atoms with van der Waals surface area (Å²) in [5, 5.41) is 9.27. The normalized spacial score (nSPS) is 32.0. The van der Waals surface area contributed by atoms with Gasteiger partial charge in [-0.1, -0.05) is 0 Å². The topological polar surface area (TPSA) is 66.6 Å². The van der Waals surface area contributed by atoms with Crippen LogP contribution in [0.15, 0.2) is 0 Å². The van der Waals surface area contributed by atoms with Gasteiger partial charge in [0.05, 0.1) is 18.2 Å². The van der Waals surface area contributed by atoms with Gasteiger partial charge in [0, 0.05) is 6.54 Å². The predicted molar refractivity (Wildman–Crippen MR) is 48.0 cm³/mol. The van der Waals surface area contributed by atoms with Crippen molar-refractivity contribution in [1.82, 2.24) is 4.90 Å². The Morgan fingerprint density at radius 3 is 2.62 bits per heavy atom. The maximum Gasteiger partial charge on any atom is 0.240 e. The van der Waals surface area contributed by atoms with Gasteiger partial charge in [-0.15, -0.1) is 0 Å². The van der Waals surface area contributed by atoms with Crippen molar-refractivity contribution < 1.29 is 9.90 Å². The van der Waals surface area contributed by atoms with Crippen LogP contribution in [0.3, 0.4) is 0 Å². The number of hydrogen-bond donors (Lipinski definition) is 2. The van der Waals surface area contributed by atoms with Crippen molar-refractivity contribution in [2.24, 2.45) is 5.73 Å². The van der Waals surface area contributed by atoms with Crippen molar-refractivity contribution in [3.8, 4) is 0 Å². The van der Waals surface area contributed by atoms with Gasteiger partial charge in [0.15, 0.2) is 0 Å². The molecule has 0 aromatic rings. The first-order chi connectivity index (χ1) is 6.19. The zero-order valence-corrected chi connectivity index (χ0v) is 7.70. The maximum atomic E-state index is 11.6. The molecule has 2 aliphatic rings. The Morgan fingerprint density at radius 1 is 1.62 bits per heavy atom. The number of rotatable bonds is 2. The van der Waals surface area contributed by atoms with Crippen LogP contribution in [0, 0.1) is 0 Å². The second-order valence-corrected chi connectivity index (χ2v) is 4.12. The summed E-state index contributed by atoms with van der Waals surface area (Å²) in [5.74, 6) is 0.0220. The van der Waals surface area contributed by atoms with Crippen LogP contribution in [-0.2, 0) is 4.79 Å². The third-order valence-electron chi connectivity index (χ3n) is 3.40. The SMILES string of the molecule is NC1CCN(C2(CO)CCC2)C1=O. The fraction of sp³-hybridized carbons (Fsp3) is 0.889. The molecular formula is C9H16N2O2. The number of carbonyl (C=O) groups is 1. The minimum Gasteiger partial charge on any atom is -0.394 e. The van der Waals surface area contributed by atoms with Crippen LogP contribution in [0.5, 0.6) is 0 Å². The molecule has 0 spiro atoms. The monoisotopic (exact) mass is 184 g/mol. The number of aliphatic hydroxyl groups is 1. The molecular weight excluding hydrogens is 168 g/mol. The zero-order chi connectivity index (χ0) is 9.47. The highest BCUT2D eigenvalue weighted by Gasteiger charge is 2.47. The number of hydrogen-bond acceptors (Lipinski definition) is 3. The molecule has 1 unspecified atom stereocenters. The number of carbonyl (C=O) groups excluding carboxylic acids is 1. The molecule has 1 saturated heterocycles. The molecule has 1 atom stereocenters. The van der Waals surface area contributed by atoms with Crippen molar-refractivity contribution in [3.05, 3.63) is 0 Å². The van der Waals surface area contributed by atoms with Gasteiger partial charge in [0.1, 0.15) is 0 Å². The fourth-order valence-corrected chi connectivity index (χ4v) is 2.27. The lowest BCUT2D eigenvalue weighted by Gasteiger charge is -2.47. The zero-order valence-electron chi connectivity index (χ0n) is 7.70. The molecule has 74 valence electrons. The number of likely N-dealkylation sites (tertiary alicyclic amines) is 1. The van der Waals surface area contributed by atoms with E-state index in [1.807, 2.05) is 0 Å². The summed E-state index contributed by atoms with van der Waals surface area (Å²) in [6.07, 6.45) is 3.71. The van der Waals surface area contributed by atoms with Crippen molar-refractivity contribution >= 4 is 5.91 Å². The van der Waals surface area contributed by atoms with Gasteiger partial charge < -0.3 is 15.7 Å². The molecule has 4 nitrogen and oxygen atoms in total. The van der Waals surface area contributed by atoms with E-state index in [2.05, 4.69) is 0 Å². The average Bonchev–Trinajstić information content (AvgIpc) is 2.35. The molecule has 2 fully saturated rings. The molecule has 1 aliphatic heterocycles. The van der Waals surface area contributed by atoms with Crippen molar-refractivity contribution in [3.63, 3.8) is 0 Å². The minimum absolute atomic E-state index is 0.0220. The summed E-state index contributed by atoms with van der Waals surface area (Å²) in [7, 11) is 0. The fourth-order valence-electron chi connectivity index (χ4n) is 2.27. The van der Waals surface area contributed by atoms with Gasteiger partial charge in [-0.05, 0) is 25.7 Å². The molecule has 1 amide bonds. The largest absolute Gasteiger partial charge is 0.394 e. The molecule has 0 aromatic carbocycles. The molecule has 1 saturated carbocycles. The number of nitrogens with two attached hydrogens (primary N) is 1. The highest BCUT2D eigenvalue weighted by atomic mass is 16.3. The Kier molecular flexibility index (Phi) is 2.04. The summed E-state index contributed by atoms with van der Waals surface area (Å²) in [4.78, 5) is 13.4. The average molecular weight is 184 g/mol. The molecule has 1 aliphatic carbocycles. The second-order valence-electron chi connectivity index (χ2n) is 4.12. The first-order valence-corrected chi connectivity index (χ1v) is 4.87. The van der Waals surface area contributed by atoms with Crippen LogP contribution in [-0.4, -0.2) is 40.6 Å². The van der Waals surface area contributed by atoms with Crippen LogP contribution in [0.2, 0.25) is 0 Å². The summed E-state index contributed by atoms with van der Waals surface area (Å²) in [6, 6.07) is -0.330. The summed E-state index contributed by atoms with van der Waals surface area (Å²) < 4.78 is 0. The predicted octanol–water partition coefficient (Wildman–Crippen LogP) is -0.539. The molecule has 0 radical (unpaired) electrons. The van der Waals surface area contributed by atoms with Crippen molar-refractivity contribution in [2.75, 3.05) is 13.2 Å². The standard InChI is InChI=1S/C9H16N2O2/c10-7-2-5-11(8(7)13)9(6-12)3-1-4-9/h7,12H,1-6,10H2. The lowest BCUT2D eigenvalue weighted by atomic mass is 9.76. The smallest absolute Gasteiger partial charge is 0.240 e. The summed E-state index contributed by atoms with van der Waals surface area (Å²) in [5.41, 5.74) is 5.38. The van der Waals surface area contributed by atoms with Gasteiger partial charge in [-0.25, -0.2) is 0 Å². The van der Waals surface area contributed by atoms with Gasteiger partial charge in [-0.3, -0.25) is 4.79 Å². The van der Waals surface area contributed by atoms with E-state index in [1.54, 1.807) is 4.90 Å². The third kappa shape index (κ3) is 1.16. The number of aliphatic hydroxyl groups excluding tert-OH is 1. The van der Waals surface area contributed by atoms with Gasteiger partial charge in [-0.2, -0.15) is 0 Å². The van der Waals surface area contributed by atoms with E-state index in [4.69, 9.17) is 5.73 Å². The van der Waals surface area contributed by atoms with E-state index in [0.29, 0.717) is 0 Å². The maximum absolute atomic E-state index is 11.6. The molecule has 2 rings (SSSR count). The van der Waals surface area contributed by atoms with Gasteiger partial charge >= 0.3 is 0 Å². The Morgan fingerprint density at radius 2 is 2.31 bits per heavy atom. The van der Waals surface area contributed by atoms with Gasteiger partial charge in [0.2, 0.25) is 5.91 Å². The van der Waals surface area contributed by atoms with E-state index < -0.39 is 0 Å². The van der Waals surface area contributed by atoms with E-state index >= 15 is 0 Å². The van der Waals surface area contributed by atoms with Crippen molar-refractivity contribution in [2.45, 2.75) is 37.3 Å². The Labute approximate surface area is 77.7 Å². The lowest BCUT2D eigenvalue weighted by molar-refractivity contribution is -0.140. The molecule has 4 heteroatoms. The van der Waals surface area contributed by atoms with E-state index in [0.717, 1.165) is 32.2 Å². The molecule has 1 heterocycles. The molecule has 13 heavy (non-hydrogen) atoms. The first-order valence-electron chi connectivity index (χ1n) is 4.87. The number of amides is 1. The minimum atomic E-state index is -0.330. The highest BCUT2D eigenvalue weighted by Crippen LogP contribution is 2.39. The quantitative estimate of drug-likeness (QED) is 0.605. The molecule has 3 N–H and O–H groups in total. The van der Waals surface area contributed by atoms with E-state index in [9.17, 15) is 9.90 Å². The summed E-state index contributed by atoms with van der Waals surface area (Å²) in [6.45, 7) is 0.812. The Balaban J connectivity index is 2.12. The second kappa shape index (κ2) is 2.96. The molecule has 0 bridgehead atoms. The van der Waals surface area contributed by atoms with E-state index in [-0.39, 0.29) is 24.1 Å². The summed E-state index contributed by atoms with van der Waals surface area (Å²) >= 11 is 0. The van der Waals surface area contributed by atoms with Crippen molar-refractivity contribution in [1.29, 1.82) is 0 Å². The third-order valence-corrected chi connectivity index (χ3v) is 3.40. The van der Waals surface area contributed by atoms with Gasteiger partial charge in [0.25, 0.3) is 0 Å². The van der Waals surface area contributed by atoms with Crippen LogP contribution in [0.1, 0.15) is 25.7 Å². The number of nitrogens with zero attached hydrogens (tertiary/aromatic N) is 1. The van der Waals surface area contributed by atoms with E-state index in [1.165, 1.54) is 0 Å². The lowest BCUT2D eigenvalue weighted by Crippen LogP contribution is -2.58. The van der Waals surface area contributed by atoms with Crippen LogP contribution in [0.25, 0.3) is 0 Å². The molecule has 0 aromatic heterocycles. The highest BCUT2D eigenvalue weighted by molar-refractivity contribution is 5.84. The van der Waals surface area contributed by atoms with Crippen LogP contribution >= 0.6 is 0 Å².